The Hall–Kier alpha value is 0.790. The van der Waals surface area contributed by atoms with Crippen molar-refractivity contribution in [2.24, 2.45) is 0 Å². The maximum atomic E-state index is 3.74. The number of hydrogen-bond acceptors (Lipinski definition) is 2. The molecule has 1 rings (SSSR count). The summed E-state index contributed by atoms with van der Waals surface area (Å²) < 4.78 is 0. The summed E-state index contributed by atoms with van der Waals surface area (Å²) in [6.07, 6.45) is 3.47. The third-order valence-electron chi connectivity index (χ3n) is 2.80. The zero-order valence-corrected chi connectivity index (χ0v) is 10.5. The highest BCUT2D eigenvalue weighted by Gasteiger charge is 2.38. The van der Waals surface area contributed by atoms with Gasteiger partial charge in [-0.25, -0.2) is 0 Å². The fraction of sp³-hybridized carbons (Fsp3) is 1.00. The van der Waals surface area contributed by atoms with Crippen LogP contribution in [0.25, 0.3) is 0 Å². The lowest BCUT2D eigenvalue weighted by molar-refractivity contribution is 0.191. The standard InChI is InChI=1S/C9H18BrNS/c1-9(2)8(10)4-5-11(9)6-7-12-3/h8H,4-7H2,1-3H3. The van der Waals surface area contributed by atoms with Crippen molar-refractivity contribution in [1.29, 1.82) is 0 Å². The molecule has 1 heterocycles. The molecular weight excluding hydrogens is 234 g/mol. The normalized spacial score (nSPS) is 29.5. The summed E-state index contributed by atoms with van der Waals surface area (Å²) in [5.41, 5.74) is 0.357. The van der Waals surface area contributed by atoms with Crippen molar-refractivity contribution in [3.63, 3.8) is 0 Å². The van der Waals surface area contributed by atoms with Gasteiger partial charge in [-0.05, 0) is 33.1 Å². The first kappa shape index (κ1) is 10.9. The average molecular weight is 252 g/mol. The molecule has 0 saturated carbocycles. The molecule has 1 aliphatic rings. The van der Waals surface area contributed by atoms with Gasteiger partial charge in [-0.15, -0.1) is 0 Å². The Morgan fingerprint density at radius 3 is 2.67 bits per heavy atom. The highest BCUT2D eigenvalue weighted by Crippen LogP contribution is 2.33. The fourth-order valence-corrected chi connectivity index (χ4v) is 2.61. The fourth-order valence-electron chi connectivity index (χ4n) is 1.71. The second kappa shape index (κ2) is 4.34. The van der Waals surface area contributed by atoms with Crippen molar-refractivity contribution >= 4 is 27.7 Å². The molecule has 1 fully saturated rings. The molecule has 1 saturated heterocycles. The number of halogens is 1. The Kier molecular flexibility index (Phi) is 3.93. The lowest BCUT2D eigenvalue weighted by atomic mass is 10.0. The number of rotatable bonds is 3. The maximum absolute atomic E-state index is 3.74. The predicted octanol–water partition coefficient (Wildman–Crippen LogP) is 2.60. The Labute approximate surface area is 88.4 Å². The lowest BCUT2D eigenvalue weighted by Crippen LogP contribution is -2.43. The summed E-state index contributed by atoms with van der Waals surface area (Å²) in [6.45, 7) is 7.15. The third-order valence-corrected chi connectivity index (χ3v) is 4.97. The smallest absolute Gasteiger partial charge is 0.0336 e. The molecular formula is C9H18BrNS. The van der Waals surface area contributed by atoms with E-state index in [0.717, 1.165) is 0 Å². The summed E-state index contributed by atoms with van der Waals surface area (Å²) >= 11 is 5.68. The second-order valence-corrected chi connectivity index (χ2v) is 5.98. The Balaban J connectivity index is 2.44. The van der Waals surface area contributed by atoms with Gasteiger partial charge in [-0.1, -0.05) is 15.9 Å². The molecule has 0 N–H and O–H groups in total. The topological polar surface area (TPSA) is 3.24 Å². The molecule has 1 aliphatic heterocycles. The number of hydrogen-bond donors (Lipinski definition) is 0. The molecule has 0 radical (unpaired) electrons. The number of alkyl halides is 1. The first-order valence-electron chi connectivity index (χ1n) is 4.47. The largest absolute Gasteiger partial charge is 0.296 e. The number of thioether (sulfide) groups is 1. The summed E-state index contributed by atoms with van der Waals surface area (Å²) in [4.78, 5) is 3.26. The molecule has 0 bridgehead atoms. The highest BCUT2D eigenvalue weighted by molar-refractivity contribution is 9.09. The van der Waals surface area contributed by atoms with E-state index in [2.05, 4.69) is 40.9 Å². The van der Waals surface area contributed by atoms with Gasteiger partial charge in [0.25, 0.3) is 0 Å². The van der Waals surface area contributed by atoms with Crippen molar-refractivity contribution in [3.05, 3.63) is 0 Å². The second-order valence-electron chi connectivity index (χ2n) is 3.89. The van der Waals surface area contributed by atoms with Gasteiger partial charge in [0, 0.05) is 22.7 Å². The van der Waals surface area contributed by atoms with Gasteiger partial charge in [0.1, 0.15) is 0 Å². The van der Waals surface area contributed by atoms with Crippen molar-refractivity contribution in [2.75, 3.05) is 25.1 Å². The van der Waals surface area contributed by atoms with Crippen LogP contribution in [0.15, 0.2) is 0 Å². The molecule has 72 valence electrons. The van der Waals surface area contributed by atoms with Gasteiger partial charge in [-0.3, -0.25) is 4.90 Å². The Morgan fingerprint density at radius 1 is 1.58 bits per heavy atom. The molecule has 0 aromatic rings. The van der Waals surface area contributed by atoms with Crippen LogP contribution in [0.5, 0.6) is 0 Å². The molecule has 0 aromatic heterocycles. The van der Waals surface area contributed by atoms with E-state index in [1.807, 2.05) is 11.8 Å². The molecule has 1 unspecified atom stereocenters. The van der Waals surface area contributed by atoms with Crippen LogP contribution in [0.2, 0.25) is 0 Å². The monoisotopic (exact) mass is 251 g/mol. The van der Waals surface area contributed by atoms with Crippen LogP contribution in [0.4, 0.5) is 0 Å². The van der Waals surface area contributed by atoms with E-state index in [0.29, 0.717) is 10.4 Å². The van der Waals surface area contributed by atoms with E-state index >= 15 is 0 Å². The van der Waals surface area contributed by atoms with Crippen LogP contribution in [-0.2, 0) is 0 Å². The SMILES string of the molecule is CSCCN1CCC(Br)C1(C)C. The van der Waals surface area contributed by atoms with Gasteiger partial charge < -0.3 is 0 Å². The van der Waals surface area contributed by atoms with E-state index in [1.165, 1.54) is 25.3 Å². The molecule has 0 aliphatic carbocycles. The van der Waals surface area contributed by atoms with Crippen LogP contribution >= 0.6 is 27.7 Å². The zero-order valence-electron chi connectivity index (χ0n) is 8.14. The van der Waals surface area contributed by atoms with Crippen molar-refractivity contribution < 1.29 is 0 Å². The maximum Gasteiger partial charge on any atom is 0.0336 e. The van der Waals surface area contributed by atoms with Gasteiger partial charge >= 0.3 is 0 Å². The molecule has 0 spiro atoms. The average Bonchev–Trinajstić information content (AvgIpc) is 2.25. The quantitative estimate of drug-likeness (QED) is 0.710. The zero-order chi connectivity index (χ0) is 9.19. The predicted molar refractivity (Wildman–Crippen MR) is 61.4 cm³/mol. The van der Waals surface area contributed by atoms with Crippen LogP contribution < -0.4 is 0 Å². The van der Waals surface area contributed by atoms with Crippen LogP contribution in [0.1, 0.15) is 20.3 Å². The first-order chi connectivity index (χ1) is 5.59. The Bertz CT molecular complexity index is 149. The van der Waals surface area contributed by atoms with Gasteiger partial charge in [0.2, 0.25) is 0 Å². The van der Waals surface area contributed by atoms with Crippen LogP contribution in [0.3, 0.4) is 0 Å². The molecule has 1 atom stereocenters. The third kappa shape index (κ3) is 2.18. The molecule has 12 heavy (non-hydrogen) atoms. The minimum absolute atomic E-state index is 0.357. The number of nitrogens with zero attached hydrogens (tertiary/aromatic N) is 1. The Morgan fingerprint density at radius 2 is 2.25 bits per heavy atom. The van der Waals surface area contributed by atoms with Gasteiger partial charge in [0.05, 0.1) is 0 Å². The van der Waals surface area contributed by atoms with Crippen molar-refractivity contribution in [2.45, 2.75) is 30.6 Å². The highest BCUT2D eigenvalue weighted by atomic mass is 79.9. The van der Waals surface area contributed by atoms with Crippen LogP contribution in [-0.4, -0.2) is 40.4 Å². The van der Waals surface area contributed by atoms with E-state index in [4.69, 9.17) is 0 Å². The number of likely N-dealkylation sites (tertiary alicyclic amines) is 1. The minimum atomic E-state index is 0.357. The molecule has 0 amide bonds. The van der Waals surface area contributed by atoms with Crippen molar-refractivity contribution in [3.8, 4) is 0 Å². The van der Waals surface area contributed by atoms with E-state index in [9.17, 15) is 0 Å². The van der Waals surface area contributed by atoms with Crippen molar-refractivity contribution in [1.82, 2.24) is 4.90 Å². The van der Waals surface area contributed by atoms with E-state index in [1.54, 1.807) is 0 Å². The molecule has 0 aromatic carbocycles. The summed E-state index contributed by atoms with van der Waals surface area (Å²) in [5, 5.41) is 0. The molecule has 3 heteroatoms. The summed E-state index contributed by atoms with van der Waals surface area (Å²) in [5.74, 6) is 1.25. The lowest BCUT2D eigenvalue weighted by Gasteiger charge is -2.33. The van der Waals surface area contributed by atoms with E-state index < -0.39 is 0 Å². The van der Waals surface area contributed by atoms with Gasteiger partial charge in [0.15, 0.2) is 0 Å². The summed E-state index contributed by atoms with van der Waals surface area (Å²) in [7, 11) is 0. The van der Waals surface area contributed by atoms with E-state index in [-0.39, 0.29) is 0 Å². The minimum Gasteiger partial charge on any atom is -0.296 e. The molecule has 1 nitrogen and oxygen atoms in total. The van der Waals surface area contributed by atoms with Crippen LogP contribution in [0, 0.1) is 0 Å². The summed E-state index contributed by atoms with van der Waals surface area (Å²) in [6, 6.07) is 0. The first-order valence-corrected chi connectivity index (χ1v) is 6.78. The van der Waals surface area contributed by atoms with Gasteiger partial charge in [-0.2, -0.15) is 11.8 Å².